The maximum Gasteiger partial charge on any atom is 0.227 e. The molecule has 5 nitrogen and oxygen atoms in total. The highest BCUT2D eigenvalue weighted by atomic mass is 16.2. The van der Waals surface area contributed by atoms with Crippen molar-refractivity contribution in [3.63, 3.8) is 0 Å². The van der Waals surface area contributed by atoms with Gasteiger partial charge in [-0.15, -0.1) is 0 Å². The van der Waals surface area contributed by atoms with Crippen LogP contribution in [-0.2, 0) is 9.59 Å². The third-order valence-corrected chi connectivity index (χ3v) is 5.19. The van der Waals surface area contributed by atoms with E-state index < -0.39 is 0 Å². The average molecular weight is 338 g/mol. The first-order valence-electron chi connectivity index (χ1n) is 9.67. The zero-order valence-electron chi connectivity index (χ0n) is 15.8. The zero-order chi connectivity index (χ0) is 17.6. The van der Waals surface area contributed by atoms with Crippen LogP contribution in [0.3, 0.4) is 0 Å². The summed E-state index contributed by atoms with van der Waals surface area (Å²) in [7, 11) is 0. The Labute approximate surface area is 147 Å². The van der Waals surface area contributed by atoms with Crippen LogP contribution in [0.4, 0.5) is 0 Å². The molecule has 2 amide bonds. The van der Waals surface area contributed by atoms with E-state index in [2.05, 4.69) is 10.2 Å². The van der Waals surface area contributed by atoms with Crippen molar-refractivity contribution in [1.82, 2.24) is 15.1 Å². The van der Waals surface area contributed by atoms with E-state index in [0.717, 1.165) is 32.4 Å². The van der Waals surface area contributed by atoms with Gasteiger partial charge in [0.1, 0.15) is 0 Å². The summed E-state index contributed by atoms with van der Waals surface area (Å²) in [5.74, 6) is 0.448. The molecule has 0 atom stereocenters. The molecule has 0 aromatic rings. The summed E-state index contributed by atoms with van der Waals surface area (Å²) in [6.45, 7) is 11.6. The molecular weight excluding hydrogens is 302 g/mol. The lowest BCUT2D eigenvalue weighted by molar-refractivity contribution is -0.142. The van der Waals surface area contributed by atoms with Crippen LogP contribution >= 0.6 is 0 Å². The van der Waals surface area contributed by atoms with Crippen LogP contribution in [0.15, 0.2) is 0 Å². The van der Waals surface area contributed by atoms with E-state index in [1.54, 1.807) is 0 Å². The van der Waals surface area contributed by atoms with E-state index >= 15 is 0 Å². The minimum atomic E-state index is -0.330. The summed E-state index contributed by atoms with van der Waals surface area (Å²) >= 11 is 0. The van der Waals surface area contributed by atoms with Gasteiger partial charge in [-0.25, -0.2) is 0 Å². The number of likely N-dealkylation sites (tertiary alicyclic amines) is 2. The van der Waals surface area contributed by atoms with E-state index in [1.165, 1.54) is 32.4 Å². The summed E-state index contributed by atoms with van der Waals surface area (Å²) < 4.78 is 0. The Bertz CT molecular complexity index is 417. The number of nitrogens with zero attached hydrogens (tertiary/aromatic N) is 2. The van der Waals surface area contributed by atoms with Crippen LogP contribution in [0.25, 0.3) is 0 Å². The number of nitrogens with one attached hydrogen (secondary N) is 1. The first kappa shape index (κ1) is 19.2. The van der Waals surface area contributed by atoms with Gasteiger partial charge >= 0.3 is 0 Å². The molecule has 2 aliphatic rings. The van der Waals surface area contributed by atoms with Crippen LogP contribution in [0.2, 0.25) is 0 Å². The Morgan fingerprint density at radius 3 is 2.21 bits per heavy atom. The van der Waals surface area contributed by atoms with Crippen LogP contribution in [0.1, 0.15) is 59.3 Å². The lowest BCUT2D eigenvalue weighted by Gasteiger charge is -2.35. The molecule has 5 heteroatoms. The van der Waals surface area contributed by atoms with Gasteiger partial charge < -0.3 is 15.1 Å². The van der Waals surface area contributed by atoms with Gasteiger partial charge in [-0.3, -0.25) is 9.59 Å². The smallest absolute Gasteiger partial charge is 0.227 e. The largest absolute Gasteiger partial charge is 0.356 e. The summed E-state index contributed by atoms with van der Waals surface area (Å²) in [6.07, 6.45) is 6.62. The standard InChI is InChI=1S/C19H35N3O2/c1-19(2,3)18(24)22-14-8-16(9-15-22)17(23)20-10-7-13-21-11-5-4-6-12-21/h16H,4-15H2,1-3H3,(H,20,23). The van der Waals surface area contributed by atoms with Gasteiger partial charge in [-0.2, -0.15) is 0 Å². The Kier molecular flexibility index (Phi) is 7.08. The molecule has 2 aliphatic heterocycles. The first-order chi connectivity index (χ1) is 11.4. The predicted octanol–water partition coefficient (Wildman–Crippen LogP) is 2.26. The van der Waals surface area contributed by atoms with Crippen LogP contribution in [-0.4, -0.2) is 60.9 Å². The summed E-state index contributed by atoms with van der Waals surface area (Å²) in [4.78, 5) is 29.0. The zero-order valence-corrected chi connectivity index (χ0v) is 15.8. The van der Waals surface area contributed by atoms with Gasteiger partial charge in [-0.1, -0.05) is 27.2 Å². The molecule has 138 valence electrons. The summed E-state index contributed by atoms with van der Waals surface area (Å²) in [6, 6.07) is 0. The molecular formula is C19H35N3O2. The van der Waals surface area contributed by atoms with Crippen molar-refractivity contribution in [3.05, 3.63) is 0 Å². The van der Waals surface area contributed by atoms with Gasteiger partial charge in [0.05, 0.1) is 0 Å². The van der Waals surface area contributed by atoms with E-state index in [9.17, 15) is 9.59 Å². The fraction of sp³-hybridized carbons (Fsp3) is 0.895. The second-order valence-electron chi connectivity index (χ2n) is 8.36. The number of hydrogen-bond acceptors (Lipinski definition) is 3. The second-order valence-corrected chi connectivity index (χ2v) is 8.36. The van der Waals surface area contributed by atoms with E-state index in [4.69, 9.17) is 0 Å². The molecule has 0 aromatic heterocycles. The Morgan fingerprint density at radius 1 is 1.00 bits per heavy atom. The first-order valence-corrected chi connectivity index (χ1v) is 9.67. The predicted molar refractivity (Wildman–Crippen MR) is 96.7 cm³/mol. The second kappa shape index (κ2) is 8.84. The lowest BCUT2D eigenvalue weighted by Crippen LogP contribution is -2.46. The minimum Gasteiger partial charge on any atom is -0.356 e. The third kappa shape index (κ3) is 5.76. The molecule has 2 heterocycles. The summed E-state index contributed by atoms with van der Waals surface area (Å²) in [5.41, 5.74) is -0.330. The molecule has 2 fully saturated rings. The quantitative estimate of drug-likeness (QED) is 0.783. The maximum atomic E-state index is 12.3. The molecule has 0 spiro atoms. The normalized spacial score (nSPS) is 20.9. The summed E-state index contributed by atoms with van der Waals surface area (Å²) in [5, 5.41) is 3.10. The molecule has 2 saturated heterocycles. The van der Waals surface area contributed by atoms with Crippen LogP contribution in [0.5, 0.6) is 0 Å². The van der Waals surface area contributed by atoms with Crippen molar-refractivity contribution in [1.29, 1.82) is 0 Å². The number of carbonyl (C=O) groups is 2. The molecule has 24 heavy (non-hydrogen) atoms. The Balaban J connectivity index is 1.61. The van der Waals surface area contributed by atoms with Crippen molar-refractivity contribution < 1.29 is 9.59 Å². The molecule has 0 radical (unpaired) electrons. The van der Waals surface area contributed by atoms with Crippen molar-refractivity contribution in [2.45, 2.75) is 59.3 Å². The van der Waals surface area contributed by atoms with Gasteiger partial charge in [0, 0.05) is 31.0 Å². The number of amides is 2. The number of hydrogen-bond donors (Lipinski definition) is 1. The minimum absolute atomic E-state index is 0.0732. The molecule has 2 rings (SSSR count). The molecule has 0 unspecified atom stereocenters. The molecule has 1 N–H and O–H groups in total. The Hall–Kier alpha value is -1.10. The highest BCUT2D eigenvalue weighted by molar-refractivity contribution is 5.82. The van der Waals surface area contributed by atoms with Gasteiger partial charge in [-0.05, 0) is 51.7 Å². The van der Waals surface area contributed by atoms with Crippen molar-refractivity contribution in [3.8, 4) is 0 Å². The highest BCUT2D eigenvalue weighted by Crippen LogP contribution is 2.23. The number of carbonyl (C=O) groups excluding carboxylic acids is 2. The maximum absolute atomic E-state index is 12.3. The molecule has 0 aromatic carbocycles. The number of piperidine rings is 2. The molecule has 0 bridgehead atoms. The van der Waals surface area contributed by atoms with E-state index in [-0.39, 0.29) is 23.1 Å². The topological polar surface area (TPSA) is 52.7 Å². The molecule has 0 saturated carbocycles. The third-order valence-electron chi connectivity index (χ3n) is 5.19. The van der Waals surface area contributed by atoms with Crippen molar-refractivity contribution >= 4 is 11.8 Å². The van der Waals surface area contributed by atoms with Crippen molar-refractivity contribution in [2.75, 3.05) is 39.3 Å². The fourth-order valence-corrected chi connectivity index (χ4v) is 3.66. The highest BCUT2D eigenvalue weighted by Gasteiger charge is 2.32. The SMILES string of the molecule is CC(C)(C)C(=O)N1CCC(C(=O)NCCCN2CCCCC2)CC1. The Morgan fingerprint density at radius 2 is 1.62 bits per heavy atom. The molecule has 0 aliphatic carbocycles. The van der Waals surface area contributed by atoms with Crippen LogP contribution < -0.4 is 5.32 Å². The van der Waals surface area contributed by atoms with E-state index in [1.807, 2.05) is 25.7 Å². The van der Waals surface area contributed by atoms with Crippen LogP contribution in [0, 0.1) is 11.3 Å². The monoisotopic (exact) mass is 337 g/mol. The lowest BCUT2D eigenvalue weighted by atomic mass is 9.90. The number of rotatable bonds is 5. The van der Waals surface area contributed by atoms with Crippen molar-refractivity contribution in [2.24, 2.45) is 11.3 Å². The van der Waals surface area contributed by atoms with Gasteiger partial charge in [0.25, 0.3) is 0 Å². The fourth-order valence-electron chi connectivity index (χ4n) is 3.66. The van der Waals surface area contributed by atoms with Gasteiger partial charge in [0.2, 0.25) is 11.8 Å². The van der Waals surface area contributed by atoms with E-state index in [0.29, 0.717) is 13.1 Å². The van der Waals surface area contributed by atoms with Gasteiger partial charge in [0.15, 0.2) is 0 Å². The average Bonchev–Trinajstić information content (AvgIpc) is 2.58.